The highest BCUT2D eigenvalue weighted by atomic mass is 16.5. The van der Waals surface area contributed by atoms with Gasteiger partial charge >= 0.3 is 0 Å². The molecule has 35 heavy (non-hydrogen) atoms. The van der Waals surface area contributed by atoms with Crippen LogP contribution in [0.3, 0.4) is 0 Å². The van der Waals surface area contributed by atoms with E-state index < -0.39 is 0 Å². The number of nitrogens with one attached hydrogen (secondary N) is 2. The maximum absolute atomic E-state index is 13.3. The standard InChI is InChI=1S/C27H31N3O5/c1-4-23(19-8-6-5-7-9-19)29-26(31)22-15-24(30-10-11-35-17-25(22)30)27(32)28-16-18-12-20(33-2)14-21(13-18)34-3/h5-9,12-15,23H,4,10-11,16-17H2,1-3H3,(H,28,32)(H,29,31)/t23-/m1/s1. The normalized spacial score (nSPS) is 13.5. The summed E-state index contributed by atoms with van der Waals surface area (Å²) in [6.45, 7) is 3.59. The van der Waals surface area contributed by atoms with Gasteiger partial charge in [0.25, 0.3) is 11.8 Å². The van der Waals surface area contributed by atoms with Crippen LogP contribution < -0.4 is 20.1 Å². The first-order valence-corrected chi connectivity index (χ1v) is 11.7. The summed E-state index contributed by atoms with van der Waals surface area (Å²) in [5, 5.41) is 6.07. The number of carbonyl (C=O) groups excluding carboxylic acids is 2. The Labute approximate surface area is 205 Å². The SMILES string of the molecule is CC[C@@H](NC(=O)c1cc(C(=O)NCc2cc(OC)cc(OC)c2)n2c1COCC2)c1ccccc1. The Hall–Kier alpha value is -3.78. The number of carbonyl (C=O) groups is 2. The van der Waals surface area contributed by atoms with E-state index in [9.17, 15) is 9.59 Å². The van der Waals surface area contributed by atoms with Crippen molar-refractivity contribution in [2.45, 2.75) is 39.1 Å². The van der Waals surface area contributed by atoms with Crippen molar-refractivity contribution >= 4 is 11.8 Å². The van der Waals surface area contributed by atoms with Gasteiger partial charge in [0.1, 0.15) is 17.2 Å². The number of amides is 2. The fourth-order valence-electron chi connectivity index (χ4n) is 4.29. The van der Waals surface area contributed by atoms with Crippen LogP contribution in [0.5, 0.6) is 11.5 Å². The molecule has 2 heterocycles. The average molecular weight is 478 g/mol. The van der Waals surface area contributed by atoms with Crippen LogP contribution in [0.1, 0.15) is 57.1 Å². The molecular formula is C27H31N3O5. The highest BCUT2D eigenvalue weighted by Gasteiger charge is 2.27. The second-order valence-corrected chi connectivity index (χ2v) is 8.34. The van der Waals surface area contributed by atoms with Gasteiger partial charge < -0.3 is 29.4 Å². The van der Waals surface area contributed by atoms with Gasteiger partial charge in [0.15, 0.2) is 0 Å². The minimum Gasteiger partial charge on any atom is -0.497 e. The zero-order chi connectivity index (χ0) is 24.8. The van der Waals surface area contributed by atoms with Gasteiger partial charge in [0.2, 0.25) is 0 Å². The summed E-state index contributed by atoms with van der Waals surface area (Å²) >= 11 is 0. The van der Waals surface area contributed by atoms with Gasteiger partial charge in [0.05, 0.1) is 44.7 Å². The van der Waals surface area contributed by atoms with E-state index in [0.717, 1.165) is 17.5 Å². The Morgan fingerprint density at radius 3 is 2.40 bits per heavy atom. The largest absolute Gasteiger partial charge is 0.497 e. The summed E-state index contributed by atoms with van der Waals surface area (Å²) in [7, 11) is 3.17. The molecule has 4 rings (SSSR count). The number of benzene rings is 2. The Morgan fingerprint density at radius 2 is 1.74 bits per heavy atom. The van der Waals surface area contributed by atoms with E-state index in [1.807, 2.05) is 54.0 Å². The lowest BCUT2D eigenvalue weighted by atomic mass is 10.0. The number of fused-ring (bicyclic) bond motifs is 1. The first-order chi connectivity index (χ1) is 17.0. The quantitative estimate of drug-likeness (QED) is 0.489. The van der Waals surface area contributed by atoms with Gasteiger partial charge in [-0.15, -0.1) is 0 Å². The highest BCUT2D eigenvalue weighted by Crippen LogP contribution is 2.25. The maximum Gasteiger partial charge on any atom is 0.268 e. The molecule has 0 saturated heterocycles. The van der Waals surface area contributed by atoms with Crippen LogP contribution in [-0.4, -0.2) is 37.2 Å². The average Bonchev–Trinajstić information content (AvgIpc) is 3.30. The van der Waals surface area contributed by atoms with Gasteiger partial charge in [-0.25, -0.2) is 0 Å². The number of hydrogen-bond donors (Lipinski definition) is 2. The number of rotatable bonds is 9. The van der Waals surface area contributed by atoms with E-state index in [4.69, 9.17) is 14.2 Å². The lowest BCUT2D eigenvalue weighted by Crippen LogP contribution is -2.30. The molecule has 184 valence electrons. The Balaban J connectivity index is 1.54. The van der Waals surface area contributed by atoms with Crippen LogP contribution in [0.4, 0.5) is 0 Å². The molecule has 2 N–H and O–H groups in total. The third-order valence-corrected chi connectivity index (χ3v) is 6.16. The van der Waals surface area contributed by atoms with Crippen LogP contribution in [-0.2, 0) is 24.4 Å². The van der Waals surface area contributed by atoms with Crippen molar-refractivity contribution in [2.24, 2.45) is 0 Å². The van der Waals surface area contributed by atoms with Gasteiger partial charge in [-0.05, 0) is 35.7 Å². The van der Waals surface area contributed by atoms with Crippen LogP contribution in [0.2, 0.25) is 0 Å². The van der Waals surface area contributed by atoms with Gasteiger partial charge in [-0.2, -0.15) is 0 Å². The molecule has 0 aliphatic carbocycles. The molecule has 0 radical (unpaired) electrons. The van der Waals surface area contributed by atoms with Crippen LogP contribution in [0.15, 0.2) is 54.6 Å². The van der Waals surface area contributed by atoms with E-state index in [1.54, 1.807) is 26.4 Å². The molecule has 1 aromatic heterocycles. The molecular weight excluding hydrogens is 446 g/mol. The summed E-state index contributed by atoms with van der Waals surface area (Å²) in [5.41, 5.74) is 3.50. The maximum atomic E-state index is 13.3. The van der Waals surface area contributed by atoms with E-state index in [-0.39, 0.29) is 31.0 Å². The second-order valence-electron chi connectivity index (χ2n) is 8.34. The highest BCUT2D eigenvalue weighted by molar-refractivity contribution is 6.00. The minimum absolute atomic E-state index is 0.121. The zero-order valence-electron chi connectivity index (χ0n) is 20.3. The van der Waals surface area contributed by atoms with E-state index >= 15 is 0 Å². The molecule has 1 aliphatic rings. The molecule has 0 spiro atoms. The van der Waals surface area contributed by atoms with Crippen molar-refractivity contribution in [3.63, 3.8) is 0 Å². The van der Waals surface area contributed by atoms with E-state index in [2.05, 4.69) is 10.6 Å². The second kappa shape index (κ2) is 11.1. The molecule has 0 fully saturated rings. The predicted octanol–water partition coefficient (Wildman–Crippen LogP) is 3.85. The molecule has 2 amide bonds. The summed E-state index contributed by atoms with van der Waals surface area (Å²) in [6, 6.07) is 16.9. The fraction of sp³-hybridized carbons (Fsp3) is 0.333. The molecule has 2 aromatic carbocycles. The molecule has 8 heteroatoms. The number of hydrogen-bond acceptors (Lipinski definition) is 5. The van der Waals surface area contributed by atoms with Crippen molar-refractivity contribution < 1.29 is 23.8 Å². The summed E-state index contributed by atoms with van der Waals surface area (Å²) in [4.78, 5) is 26.4. The monoisotopic (exact) mass is 477 g/mol. The number of nitrogens with zero attached hydrogens (tertiary/aromatic N) is 1. The van der Waals surface area contributed by atoms with Crippen LogP contribution in [0, 0.1) is 0 Å². The van der Waals surface area contributed by atoms with Crippen molar-refractivity contribution in [1.82, 2.24) is 15.2 Å². The third-order valence-electron chi connectivity index (χ3n) is 6.16. The molecule has 0 saturated carbocycles. The summed E-state index contributed by atoms with van der Waals surface area (Å²) in [5.74, 6) is 0.818. The van der Waals surface area contributed by atoms with Gasteiger partial charge in [-0.3, -0.25) is 9.59 Å². The lowest BCUT2D eigenvalue weighted by Gasteiger charge is -2.20. The first kappa shape index (κ1) is 24.3. The topological polar surface area (TPSA) is 90.8 Å². The first-order valence-electron chi connectivity index (χ1n) is 11.7. The molecule has 8 nitrogen and oxygen atoms in total. The molecule has 1 atom stereocenters. The van der Waals surface area contributed by atoms with E-state index in [1.165, 1.54) is 0 Å². The Bertz CT molecular complexity index is 1170. The van der Waals surface area contributed by atoms with Crippen LogP contribution >= 0.6 is 0 Å². The summed E-state index contributed by atoms with van der Waals surface area (Å²) in [6.07, 6.45) is 0.750. The minimum atomic E-state index is -0.260. The molecule has 0 unspecified atom stereocenters. The molecule has 1 aliphatic heterocycles. The smallest absolute Gasteiger partial charge is 0.268 e. The third kappa shape index (κ3) is 5.49. The number of ether oxygens (including phenoxy) is 3. The number of aromatic nitrogens is 1. The number of methoxy groups -OCH3 is 2. The van der Waals surface area contributed by atoms with Crippen molar-refractivity contribution in [1.29, 1.82) is 0 Å². The van der Waals surface area contributed by atoms with Crippen molar-refractivity contribution in [2.75, 3.05) is 20.8 Å². The van der Waals surface area contributed by atoms with Gasteiger partial charge in [-0.1, -0.05) is 37.3 Å². The van der Waals surface area contributed by atoms with E-state index in [0.29, 0.717) is 41.6 Å². The van der Waals surface area contributed by atoms with Gasteiger partial charge in [0, 0.05) is 19.2 Å². The lowest BCUT2D eigenvalue weighted by molar-refractivity contribution is 0.0776. The van der Waals surface area contributed by atoms with Crippen LogP contribution in [0.25, 0.3) is 0 Å². The molecule has 3 aromatic rings. The Kier molecular flexibility index (Phi) is 7.72. The Morgan fingerprint density at radius 1 is 1.03 bits per heavy atom. The van der Waals surface area contributed by atoms with Crippen molar-refractivity contribution in [3.05, 3.63) is 82.7 Å². The predicted molar refractivity (Wildman–Crippen MR) is 132 cm³/mol. The zero-order valence-corrected chi connectivity index (χ0v) is 20.3. The van der Waals surface area contributed by atoms with Crippen molar-refractivity contribution in [3.8, 4) is 11.5 Å². The summed E-state index contributed by atoms with van der Waals surface area (Å²) < 4.78 is 18.1. The molecule has 0 bridgehead atoms. The fourth-order valence-corrected chi connectivity index (χ4v) is 4.29.